The number of nitrogens with zero attached hydrogens (tertiary/aromatic N) is 1. The lowest BCUT2D eigenvalue weighted by atomic mass is 10.1. The van der Waals surface area contributed by atoms with Crippen LogP contribution in [0.1, 0.15) is 11.1 Å². The summed E-state index contributed by atoms with van der Waals surface area (Å²) in [6.07, 6.45) is 1.85. The second-order valence-corrected chi connectivity index (χ2v) is 5.51. The molecule has 0 aliphatic rings. The predicted molar refractivity (Wildman–Crippen MR) is 95.0 cm³/mol. The summed E-state index contributed by atoms with van der Waals surface area (Å²) in [4.78, 5) is 12.0. The van der Waals surface area contributed by atoms with Crippen LogP contribution in [0.4, 0.5) is 5.69 Å². The van der Waals surface area contributed by atoms with E-state index in [2.05, 4.69) is 10.6 Å². The first-order valence-corrected chi connectivity index (χ1v) is 7.72. The summed E-state index contributed by atoms with van der Waals surface area (Å²) in [5, 5.41) is 33.6. The fraction of sp³-hybridized carbons (Fsp3) is 0.158. The highest BCUT2D eigenvalue weighted by Gasteiger charge is 2.09. The van der Waals surface area contributed by atoms with Crippen molar-refractivity contribution in [1.82, 2.24) is 5.32 Å². The summed E-state index contributed by atoms with van der Waals surface area (Å²) >= 11 is 0. The van der Waals surface area contributed by atoms with E-state index in [9.17, 15) is 15.0 Å². The Morgan fingerprint density at radius 1 is 1.20 bits per heavy atom. The van der Waals surface area contributed by atoms with Crippen LogP contribution in [0.3, 0.4) is 0 Å². The standard InChI is InChI=1S/C19H19N3O3/c1-13-2-7-18(24)17(10-13)22-12-15(11-20)19(25)21-9-8-14-3-5-16(23)6-4-14/h2-7,10,12,22-24H,8-9H2,1H3,(H,21,25)/b15-12-. The van der Waals surface area contributed by atoms with Crippen LogP contribution in [0.2, 0.25) is 0 Å². The van der Waals surface area contributed by atoms with Gasteiger partial charge in [-0.3, -0.25) is 4.79 Å². The van der Waals surface area contributed by atoms with Gasteiger partial charge in [0.1, 0.15) is 23.1 Å². The molecule has 1 amide bonds. The number of phenols is 2. The van der Waals surface area contributed by atoms with E-state index in [1.165, 1.54) is 12.3 Å². The Balaban J connectivity index is 1.92. The number of carbonyl (C=O) groups excluding carboxylic acids is 1. The number of anilines is 1. The maximum absolute atomic E-state index is 12.0. The predicted octanol–water partition coefficient (Wildman–Crippen LogP) is 2.58. The molecular formula is C19H19N3O3. The highest BCUT2D eigenvalue weighted by molar-refractivity contribution is 5.97. The molecule has 6 nitrogen and oxygen atoms in total. The molecule has 2 rings (SSSR count). The smallest absolute Gasteiger partial charge is 0.263 e. The molecule has 0 heterocycles. The van der Waals surface area contributed by atoms with Gasteiger partial charge in [0.05, 0.1) is 5.69 Å². The van der Waals surface area contributed by atoms with E-state index in [0.29, 0.717) is 18.7 Å². The molecule has 6 heteroatoms. The van der Waals surface area contributed by atoms with Gasteiger partial charge in [-0.2, -0.15) is 5.26 Å². The first-order chi connectivity index (χ1) is 12.0. The van der Waals surface area contributed by atoms with E-state index in [1.807, 2.05) is 13.0 Å². The Morgan fingerprint density at radius 3 is 2.60 bits per heavy atom. The van der Waals surface area contributed by atoms with Gasteiger partial charge in [-0.1, -0.05) is 18.2 Å². The Hall–Kier alpha value is -3.46. The average Bonchev–Trinajstić information content (AvgIpc) is 2.60. The van der Waals surface area contributed by atoms with Crippen molar-refractivity contribution in [3.05, 3.63) is 65.4 Å². The molecule has 25 heavy (non-hydrogen) atoms. The van der Waals surface area contributed by atoms with E-state index >= 15 is 0 Å². The molecule has 0 aromatic heterocycles. The van der Waals surface area contributed by atoms with Gasteiger partial charge in [0.15, 0.2) is 0 Å². The summed E-state index contributed by atoms with van der Waals surface area (Å²) in [5.41, 5.74) is 2.23. The van der Waals surface area contributed by atoms with Crippen LogP contribution in [0.15, 0.2) is 54.2 Å². The van der Waals surface area contributed by atoms with Gasteiger partial charge < -0.3 is 20.8 Å². The second kappa shape index (κ2) is 8.41. The lowest BCUT2D eigenvalue weighted by molar-refractivity contribution is -0.117. The number of rotatable bonds is 6. The fourth-order valence-electron chi connectivity index (χ4n) is 2.14. The zero-order valence-corrected chi connectivity index (χ0v) is 13.8. The first kappa shape index (κ1) is 17.9. The van der Waals surface area contributed by atoms with Gasteiger partial charge in [-0.15, -0.1) is 0 Å². The number of benzene rings is 2. The lowest BCUT2D eigenvalue weighted by Crippen LogP contribution is -2.27. The van der Waals surface area contributed by atoms with Crippen LogP contribution < -0.4 is 10.6 Å². The molecule has 0 bridgehead atoms. The molecule has 0 saturated heterocycles. The van der Waals surface area contributed by atoms with Crippen molar-refractivity contribution in [2.75, 3.05) is 11.9 Å². The number of hydrogen-bond acceptors (Lipinski definition) is 5. The molecule has 0 radical (unpaired) electrons. The van der Waals surface area contributed by atoms with Gasteiger partial charge in [0.25, 0.3) is 5.91 Å². The van der Waals surface area contributed by atoms with Crippen LogP contribution >= 0.6 is 0 Å². The van der Waals surface area contributed by atoms with Crippen molar-refractivity contribution in [3.8, 4) is 17.6 Å². The van der Waals surface area contributed by atoms with E-state index in [-0.39, 0.29) is 17.1 Å². The molecule has 128 valence electrons. The largest absolute Gasteiger partial charge is 0.508 e. The van der Waals surface area contributed by atoms with Crippen molar-refractivity contribution in [2.24, 2.45) is 0 Å². The van der Waals surface area contributed by atoms with E-state index in [0.717, 1.165) is 11.1 Å². The Morgan fingerprint density at radius 2 is 1.92 bits per heavy atom. The van der Waals surface area contributed by atoms with E-state index < -0.39 is 5.91 Å². The monoisotopic (exact) mass is 337 g/mol. The number of aryl methyl sites for hydroxylation is 1. The third-order valence-corrected chi connectivity index (χ3v) is 3.52. The van der Waals surface area contributed by atoms with E-state index in [4.69, 9.17) is 5.26 Å². The summed E-state index contributed by atoms with van der Waals surface area (Å²) < 4.78 is 0. The van der Waals surface area contributed by atoms with Gasteiger partial charge in [-0.25, -0.2) is 0 Å². The molecule has 2 aromatic rings. The van der Waals surface area contributed by atoms with Crippen LogP contribution in [-0.2, 0) is 11.2 Å². The molecule has 0 fully saturated rings. The quantitative estimate of drug-likeness (QED) is 0.368. The molecule has 0 spiro atoms. The topological polar surface area (TPSA) is 105 Å². The molecule has 0 aliphatic carbocycles. The molecule has 4 N–H and O–H groups in total. The molecule has 0 atom stereocenters. The third kappa shape index (κ3) is 5.29. The Kier molecular flexibility index (Phi) is 6.02. The van der Waals surface area contributed by atoms with Gasteiger partial charge in [-0.05, 0) is 48.7 Å². The Labute approximate surface area is 146 Å². The maximum atomic E-state index is 12.0. The summed E-state index contributed by atoms with van der Waals surface area (Å²) in [6.45, 7) is 2.23. The number of amides is 1. The summed E-state index contributed by atoms with van der Waals surface area (Å²) in [7, 11) is 0. The van der Waals surface area contributed by atoms with Crippen molar-refractivity contribution in [2.45, 2.75) is 13.3 Å². The van der Waals surface area contributed by atoms with Gasteiger partial charge in [0.2, 0.25) is 0 Å². The summed E-state index contributed by atoms with van der Waals surface area (Å²) in [6, 6.07) is 13.5. The van der Waals surface area contributed by atoms with Crippen LogP contribution in [0.5, 0.6) is 11.5 Å². The van der Waals surface area contributed by atoms with Gasteiger partial charge >= 0.3 is 0 Å². The van der Waals surface area contributed by atoms with Crippen LogP contribution in [0.25, 0.3) is 0 Å². The first-order valence-electron chi connectivity index (χ1n) is 7.72. The minimum atomic E-state index is -0.499. The van der Waals surface area contributed by atoms with Crippen LogP contribution in [-0.4, -0.2) is 22.7 Å². The zero-order valence-electron chi connectivity index (χ0n) is 13.8. The number of phenolic OH excluding ortho intramolecular Hbond substituents is 2. The number of nitriles is 1. The SMILES string of the molecule is Cc1ccc(O)c(N/C=C(/C#N)C(=O)NCCc2ccc(O)cc2)c1. The number of aromatic hydroxyl groups is 2. The van der Waals surface area contributed by atoms with E-state index in [1.54, 1.807) is 36.4 Å². The molecule has 2 aromatic carbocycles. The fourth-order valence-corrected chi connectivity index (χ4v) is 2.14. The average molecular weight is 337 g/mol. The third-order valence-electron chi connectivity index (χ3n) is 3.52. The van der Waals surface area contributed by atoms with Crippen molar-refractivity contribution < 1.29 is 15.0 Å². The highest BCUT2D eigenvalue weighted by Crippen LogP contribution is 2.23. The minimum Gasteiger partial charge on any atom is -0.508 e. The summed E-state index contributed by atoms with van der Waals surface area (Å²) in [5.74, 6) is -0.277. The second-order valence-electron chi connectivity index (χ2n) is 5.51. The maximum Gasteiger partial charge on any atom is 0.263 e. The minimum absolute atomic E-state index is 0.0341. The van der Waals surface area contributed by atoms with Crippen molar-refractivity contribution in [3.63, 3.8) is 0 Å². The molecular weight excluding hydrogens is 318 g/mol. The number of carbonyl (C=O) groups is 1. The molecule has 0 unspecified atom stereocenters. The van der Waals surface area contributed by atoms with Crippen LogP contribution in [0, 0.1) is 18.3 Å². The number of nitrogens with one attached hydrogen (secondary N) is 2. The molecule has 0 saturated carbocycles. The molecule has 0 aliphatic heterocycles. The van der Waals surface area contributed by atoms with Crippen molar-refractivity contribution in [1.29, 1.82) is 5.26 Å². The lowest BCUT2D eigenvalue weighted by Gasteiger charge is -2.07. The Bertz CT molecular complexity index is 821. The normalized spacial score (nSPS) is 10.8. The van der Waals surface area contributed by atoms with Gasteiger partial charge in [0, 0.05) is 12.7 Å². The van der Waals surface area contributed by atoms with Crippen molar-refractivity contribution >= 4 is 11.6 Å². The zero-order chi connectivity index (χ0) is 18.2. The highest BCUT2D eigenvalue weighted by atomic mass is 16.3. The number of hydrogen-bond donors (Lipinski definition) is 4.